The van der Waals surface area contributed by atoms with Gasteiger partial charge >= 0.3 is 0 Å². The molecule has 4 nitrogen and oxygen atoms in total. The number of carbonyl (C=O) groups excluding carboxylic acids is 1. The zero-order valence-corrected chi connectivity index (χ0v) is 17.2. The molecule has 0 aliphatic heterocycles. The van der Waals surface area contributed by atoms with Crippen molar-refractivity contribution in [2.24, 2.45) is 0 Å². The van der Waals surface area contributed by atoms with Crippen molar-refractivity contribution in [3.05, 3.63) is 70.9 Å². The first-order valence-corrected chi connectivity index (χ1v) is 10.1. The number of thiazole rings is 1. The smallest absolute Gasteiger partial charge is 0.260 e. The summed E-state index contributed by atoms with van der Waals surface area (Å²) in [4.78, 5) is 21.7. The topological polar surface area (TPSA) is 36.4 Å². The van der Waals surface area contributed by atoms with Crippen molar-refractivity contribution in [1.82, 2.24) is 9.88 Å². The summed E-state index contributed by atoms with van der Waals surface area (Å²) in [5, 5.41) is 2.56. The van der Waals surface area contributed by atoms with Gasteiger partial charge in [0.1, 0.15) is 5.82 Å². The van der Waals surface area contributed by atoms with Crippen LogP contribution in [0.2, 0.25) is 0 Å². The van der Waals surface area contributed by atoms with E-state index in [1.54, 1.807) is 17.0 Å². The van der Waals surface area contributed by atoms with Gasteiger partial charge in [0.15, 0.2) is 5.13 Å². The van der Waals surface area contributed by atoms with Gasteiger partial charge < -0.3 is 4.90 Å². The van der Waals surface area contributed by atoms with E-state index in [1.807, 2.05) is 50.7 Å². The minimum Gasteiger partial charge on any atom is -0.309 e. The molecule has 1 aromatic heterocycles. The number of anilines is 1. The SMILES string of the molecule is Cc1ccc(C(=O)N(CCCN(C)C)c2nc(-c3ccc(F)cc3)cs2)cc1. The van der Waals surface area contributed by atoms with Crippen LogP contribution in [0.5, 0.6) is 0 Å². The highest BCUT2D eigenvalue weighted by atomic mass is 32.1. The minimum absolute atomic E-state index is 0.0567. The lowest BCUT2D eigenvalue weighted by atomic mass is 10.1. The number of amides is 1. The molecule has 0 atom stereocenters. The van der Waals surface area contributed by atoms with E-state index in [4.69, 9.17) is 0 Å². The number of hydrogen-bond acceptors (Lipinski definition) is 4. The summed E-state index contributed by atoms with van der Waals surface area (Å²) < 4.78 is 13.2. The normalized spacial score (nSPS) is 11.0. The minimum atomic E-state index is -0.279. The Morgan fingerprint density at radius 1 is 1.04 bits per heavy atom. The quantitative estimate of drug-likeness (QED) is 0.571. The Kier molecular flexibility index (Phi) is 6.54. The third-order valence-corrected chi connectivity index (χ3v) is 5.26. The maximum atomic E-state index is 13.2. The van der Waals surface area contributed by atoms with E-state index in [1.165, 1.54) is 23.5 Å². The van der Waals surface area contributed by atoms with Gasteiger partial charge in [-0.25, -0.2) is 9.37 Å². The molecule has 2 aromatic carbocycles. The van der Waals surface area contributed by atoms with Gasteiger partial charge in [-0.2, -0.15) is 0 Å². The van der Waals surface area contributed by atoms with Gasteiger partial charge in [0.2, 0.25) is 0 Å². The fourth-order valence-corrected chi connectivity index (χ4v) is 3.68. The van der Waals surface area contributed by atoms with Crippen LogP contribution in [-0.2, 0) is 0 Å². The van der Waals surface area contributed by atoms with Crippen molar-refractivity contribution in [1.29, 1.82) is 0 Å². The van der Waals surface area contributed by atoms with E-state index in [-0.39, 0.29) is 11.7 Å². The Morgan fingerprint density at radius 3 is 2.36 bits per heavy atom. The van der Waals surface area contributed by atoms with Crippen LogP contribution < -0.4 is 4.90 Å². The van der Waals surface area contributed by atoms with E-state index in [9.17, 15) is 9.18 Å². The lowest BCUT2D eigenvalue weighted by Crippen LogP contribution is -2.33. The molecule has 0 N–H and O–H groups in total. The van der Waals surface area contributed by atoms with Gasteiger partial charge in [0, 0.05) is 23.1 Å². The zero-order chi connectivity index (χ0) is 20.1. The van der Waals surface area contributed by atoms with Gasteiger partial charge in [-0.1, -0.05) is 17.7 Å². The number of carbonyl (C=O) groups is 1. The largest absolute Gasteiger partial charge is 0.309 e. The van der Waals surface area contributed by atoms with Crippen LogP contribution in [0.1, 0.15) is 22.3 Å². The van der Waals surface area contributed by atoms with Crippen LogP contribution in [-0.4, -0.2) is 43.0 Å². The fraction of sp³-hybridized carbons (Fsp3) is 0.273. The maximum absolute atomic E-state index is 13.2. The number of nitrogens with zero attached hydrogens (tertiary/aromatic N) is 3. The van der Waals surface area contributed by atoms with Gasteiger partial charge in [-0.05, 0) is 70.4 Å². The molecule has 0 fully saturated rings. The molecule has 3 rings (SSSR count). The molecule has 0 spiro atoms. The van der Waals surface area contributed by atoms with Crippen LogP contribution >= 0.6 is 11.3 Å². The lowest BCUT2D eigenvalue weighted by Gasteiger charge is -2.21. The Hall–Kier alpha value is -2.57. The molecule has 0 saturated carbocycles. The van der Waals surface area contributed by atoms with Crippen molar-refractivity contribution >= 4 is 22.4 Å². The van der Waals surface area contributed by atoms with Crippen LogP contribution in [0.15, 0.2) is 53.9 Å². The van der Waals surface area contributed by atoms with Crippen LogP contribution in [0, 0.1) is 12.7 Å². The summed E-state index contributed by atoms with van der Waals surface area (Å²) in [6.45, 7) is 3.47. The molecule has 1 heterocycles. The summed E-state index contributed by atoms with van der Waals surface area (Å²) in [6, 6.07) is 13.8. The van der Waals surface area contributed by atoms with Crippen LogP contribution in [0.3, 0.4) is 0 Å². The lowest BCUT2D eigenvalue weighted by molar-refractivity contribution is 0.0986. The van der Waals surface area contributed by atoms with E-state index in [2.05, 4.69) is 9.88 Å². The average Bonchev–Trinajstić information content (AvgIpc) is 3.15. The molecule has 28 heavy (non-hydrogen) atoms. The number of rotatable bonds is 7. The first-order valence-electron chi connectivity index (χ1n) is 9.19. The van der Waals surface area contributed by atoms with Gasteiger partial charge in [-0.3, -0.25) is 9.69 Å². The van der Waals surface area contributed by atoms with Crippen molar-refractivity contribution in [2.75, 3.05) is 32.1 Å². The van der Waals surface area contributed by atoms with Crippen molar-refractivity contribution in [3.63, 3.8) is 0 Å². The van der Waals surface area contributed by atoms with Crippen LogP contribution in [0.4, 0.5) is 9.52 Å². The molecule has 0 unspecified atom stereocenters. The van der Waals surface area contributed by atoms with Crippen molar-refractivity contribution in [2.45, 2.75) is 13.3 Å². The number of benzene rings is 2. The highest BCUT2D eigenvalue weighted by Gasteiger charge is 2.21. The van der Waals surface area contributed by atoms with Crippen LogP contribution in [0.25, 0.3) is 11.3 Å². The third kappa shape index (κ3) is 5.03. The second-order valence-electron chi connectivity index (χ2n) is 7.00. The number of hydrogen-bond donors (Lipinski definition) is 0. The van der Waals surface area contributed by atoms with Gasteiger partial charge in [0.25, 0.3) is 5.91 Å². The molecule has 146 valence electrons. The van der Waals surface area contributed by atoms with E-state index in [0.29, 0.717) is 17.2 Å². The first kappa shape index (κ1) is 20.2. The Labute approximate surface area is 169 Å². The molecule has 0 aliphatic carbocycles. The number of halogens is 1. The second-order valence-corrected chi connectivity index (χ2v) is 7.84. The standard InChI is InChI=1S/C22H24FN3OS/c1-16-5-7-18(8-6-16)21(27)26(14-4-13-25(2)3)22-24-20(15-28-22)17-9-11-19(23)12-10-17/h5-12,15H,4,13-14H2,1-3H3. The third-order valence-electron chi connectivity index (χ3n) is 4.39. The Balaban J connectivity index is 1.86. The predicted octanol–water partition coefficient (Wildman–Crippen LogP) is 4.86. The van der Waals surface area contributed by atoms with Gasteiger partial charge in [0.05, 0.1) is 5.69 Å². The second kappa shape index (κ2) is 9.08. The maximum Gasteiger partial charge on any atom is 0.260 e. The molecule has 0 aliphatic rings. The van der Waals surface area contributed by atoms with E-state index < -0.39 is 0 Å². The van der Waals surface area contributed by atoms with Gasteiger partial charge in [-0.15, -0.1) is 11.3 Å². The first-order chi connectivity index (χ1) is 13.4. The predicted molar refractivity (Wildman–Crippen MR) is 114 cm³/mol. The fourth-order valence-electron chi connectivity index (χ4n) is 2.82. The highest BCUT2D eigenvalue weighted by molar-refractivity contribution is 7.14. The summed E-state index contributed by atoms with van der Waals surface area (Å²) in [5.74, 6) is -0.335. The zero-order valence-electron chi connectivity index (χ0n) is 16.4. The van der Waals surface area contributed by atoms with Crippen molar-refractivity contribution in [3.8, 4) is 11.3 Å². The molecule has 0 bridgehead atoms. The van der Waals surface area contributed by atoms with E-state index >= 15 is 0 Å². The molecule has 0 radical (unpaired) electrons. The Morgan fingerprint density at radius 2 is 1.71 bits per heavy atom. The number of aryl methyl sites for hydroxylation is 1. The number of aromatic nitrogens is 1. The van der Waals surface area contributed by atoms with E-state index in [0.717, 1.165) is 29.8 Å². The van der Waals surface area contributed by atoms with Crippen molar-refractivity contribution < 1.29 is 9.18 Å². The summed E-state index contributed by atoms with van der Waals surface area (Å²) in [7, 11) is 4.03. The molecule has 0 saturated heterocycles. The molecule has 1 amide bonds. The molecular weight excluding hydrogens is 373 g/mol. The summed E-state index contributed by atoms with van der Waals surface area (Å²) in [5.41, 5.74) is 3.34. The summed E-state index contributed by atoms with van der Waals surface area (Å²) >= 11 is 1.43. The monoisotopic (exact) mass is 397 g/mol. The highest BCUT2D eigenvalue weighted by Crippen LogP contribution is 2.29. The molecular formula is C22H24FN3OS. The molecule has 3 aromatic rings. The molecule has 6 heteroatoms. The summed E-state index contributed by atoms with van der Waals surface area (Å²) in [6.07, 6.45) is 0.843. The Bertz CT molecular complexity index is 920. The average molecular weight is 398 g/mol.